The predicted octanol–water partition coefficient (Wildman–Crippen LogP) is 0.243. The summed E-state index contributed by atoms with van der Waals surface area (Å²) < 4.78 is 17.2. The molecule has 2 aromatic rings. The van der Waals surface area contributed by atoms with Gasteiger partial charge < -0.3 is 40.4 Å². The number of aromatic hydroxyl groups is 2. The van der Waals surface area contributed by atoms with E-state index in [1.54, 1.807) is 6.92 Å². The van der Waals surface area contributed by atoms with Gasteiger partial charge in [-0.25, -0.2) is 10.2 Å². The van der Waals surface area contributed by atoms with Crippen LogP contribution in [0.15, 0.2) is 18.2 Å². The molecule has 2 aliphatic carbocycles. The van der Waals surface area contributed by atoms with Crippen LogP contribution in [0.2, 0.25) is 0 Å². The minimum atomic E-state index is -2.07. The number of hydrogen-bond acceptors (Lipinski definition) is 12. The summed E-state index contributed by atoms with van der Waals surface area (Å²) in [7, 11) is 1.32. The summed E-state index contributed by atoms with van der Waals surface area (Å²) >= 11 is 0. The maximum absolute atomic E-state index is 13.7. The van der Waals surface area contributed by atoms with Crippen LogP contribution in [0.5, 0.6) is 17.2 Å². The van der Waals surface area contributed by atoms with Gasteiger partial charge in [-0.05, 0) is 19.9 Å². The number of carbonyl (C=O) groups excluding carboxylic acids is 4. The number of primary amides is 1. The van der Waals surface area contributed by atoms with Crippen molar-refractivity contribution >= 4 is 23.4 Å². The second-order valence-electron chi connectivity index (χ2n) is 10.7. The van der Waals surface area contributed by atoms with Crippen molar-refractivity contribution in [3.05, 3.63) is 51.6 Å². The molecule has 0 bridgehead atoms. The fourth-order valence-electron chi connectivity index (χ4n) is 5.93. The number of phenols is 2. The van der Waals surface area contributed by atoms with Crippen molar-refractivity contribution in [2.24, 2.45) is 5.73 Å². The Kier molecular flexibility index (Phi) is 7.45. The van der Waals surface area contributed by atoms with Gasteiger partial charge in [-0.1, -0.05) is 12.1 Å². The van der Waals surface area contributed by atoms with Crippen molar-refractivity contribution in [3.63, 3.8) is 0 Å². The third kappa shape index (κ3) is 4.66. The van der Waals surface area contributed by atoms with Gasteiger partial charge in [-0.3, -0.25) is 19.8 Å². The van der Waals surface area contributed by atoms with Crippen molar-refractivity contribution in [1.29, 1.82) is 0 Å². The number of ketones is 3. The van der Waals surface area contributed by atoms with Gasteiger partial charge in [0.05, 0.1) is 48.2 Å². The Balaban J connectivity index is 1.61. The molecule has 8 N–H and O–H groups in total. The van der Waals surface area contributed by atoms with Gasteiger partial charge in [0.2, 0.25) is 5.78 Å². The molecule has 0 aromatic heterocycles. The van der Waals surface area contributed by atoms with Crippen molar-refractivity contribution in [2.45, 2.75) is 69.4 Å². The van der Waals surface area contributed by atoms with Crippen LogP contribution < -0.4 is 21.3 Å². The Morgan fingerprint density at radius 3 is 2.45 bits per heavy atom. The highest BCUT2D eigenvalue weighted by Crippen LogP contribution is 2.52. The highest BCUT2D eigenvalue weighted by Gasteiger charge is 2.49. The van der Waals surface area contributed by atoms with Crippen LogP contribution in [-0.2, 0) is 20.7 Å². The summed E-state index contributed by atoms with van der Waals surface area (Å²) in [6, 6.07) is 2.69. The fourth-order valence-corrected chi connectivity index (χ4v) is 5.93. The van der Waals surface area contributed by atoms with Gasteiger partial charge >= 0.3 is 6.03 Å². The number of urea groups is 1. The Labute approximate surface area is 239 Å². The number of aliphatic hydroxyl groups is 2. The van der Waals surface area contributed by atoms with Crippen LogP contribution in [0, 0.1) is 0 Å². The van der Waals surface area contributed by atoms with Gasteiger partial charge in [0.1, 0.15) is 22.8 Å². The number of benzene rings is 2. The summed E-state index contributed by atoms with van der Waals surface area (Å²) in [5.74, 6) is -3.41. The van der Waals surface area contributed by atoms with Crippen molar-refractivity contribution in [3.8, 4) is 17.2 Å². The zero-order valence-electron chi connectivity index (χ0n) is 23.0. The lowest BCUT2D eigenvalue weighted by Crippen LogP contribution is -2.59. The molecule has 14 heteroatoms. The number of amides is 2. The largest absolute Gasteiger partial charge is 0.507 e. The highest BCUT2D eigenvalue weighted by atomic mass is 16.7. The Bertz CT molecular complexity index is 1510. The van der Waals surface area contributed by atoms with Gasteiger partial charge in [0.25, 0.3) is 0 Å². The zero-order valence-corrected chi connectivity index (χ0v) is 23.0. The lowest BCUT2D eigenvalue weighted by Gasteiger charge is -2.42. The molecule has 14 nitrogen and oxygen atoms in total. The number of phenolic OH excluding ortho intramolecular Hbond substituents is 2. The average Bonchev–Trinajstić information content (AvgIpc) is 2.93. The van der Waals surface area contributed by atoms with Crippen LogP contribution in [-0.4, -0.2) is 81.1 Å². The zero-order chi connectivity index (χ0) is 30.7. The number of Topliss-reactive ketones (excluding diaryl/α,β-unsaturated/α-hetero) is 1. The summed E-state index contributed by atoms with van der Waals surface area (Å²) in [5, 5.41) is 44.8. The van der Waals surface area contributed by atoms with Gasteiger partial charge in [-0.2, -0.15) is 0 Å². The number of carbonyl (C=O) groups is 4. The molecule has 1 heterocycles. The van der Waals surface area contributed by atoms with E-state index in [9.17, 15) is 39.6 Å². The number of ether oxygens (including phenoxy) is 3. The fraction of sp³-hybridized carbons (Fsp3) is 0.429. The Hall–Kier alpha value is -4.08. The average molecular weight is 586 g/mol. The van der Waals surface area contributed by atoms with Crippen LogP contribution in [0.4, 0.5) is 4.79 Å². The van der Waals surface area contributed by atoms with E-state index in [2.05, 4.69) is 10.9 Å². The second-order valence-corrected chi connectivity index (χ2v) is 10.7. The van der Waals surface area contributed by atoms with Crippen molar-refractivity contribution in [2.75, 3.05) is 7.11 Å². The van der Waals surface area contributed by atoms with E-state index in [4.69, 9.17) is 19.9 Å². The van der Waals surface area contributed by atoms with Crippen LogP contribution in [0.25, 0.3) is 0 Å². The second kappa shape index (κ2) is 10.6. The summed E-state index contributed by atoms with van der Waals surface area (Å²) in [5.41, 5.74) is 6.54. The smallest absolute Gasteiger partial charge is 0.326 e. The summed E-state index contributed by atoms with van der Waals surface area (Å²) in [4.78, 5) is 51.1. The Morgan fingerprint density at radius 1 is 1.12 bits per heavy atom. The molecule has 0 spiro atoms. The first kappa shape index (κ1) is 29.4. The quantitative estimate of drug-likeness (QED) is 0.153. The third-order valence-corrected chi connectivity index (χ3v) is 8.13. The topological polar surface area (TPSA) is 227 Å². The van der Waals surface area contributed by atoms with Crippen molar-refractivity contribution < 1.29 is 53.8 Å². The predicted molar refractivity (Wildman–Crippen MR) is 142 cm³/mol. The molecular formula is C28H31N3O11. The number of methoxy groups -OCH3 is 1. The normalized spacial score (nSPS) is 28.4. The monoisotopic (exact) mass is 585 g/mol. The van der Waals surface area contributed by atoms with E-state index in [-0.39, 0.29) is 34.4 Å². The lowest BCUT2D eigenvalue weighted by molar-refractivity contribution is -0.250. The number of hydrazine groups is 1. The molecule has 224 valence electrons. The standard InChI is InChI=1S/C28H31N3O11/c1-10-22(33)14(30-31-27(29)38)7-17(41-10)42-16-9-28(39,11(2)32)8-13-19(16)26(37)21-20(24(13)35)23(34)12-5-4-6-15(40-3)18(12)25(21)36/h4-6,10,14,16-17,22,30,33,35,37,39H,7-9H2,1-3H3,(H3,29,31,38)/t10?,14?,16-,17?,22?,28-/m0/s1. The molecular weight excluding hydrogens is 554 g/mol. The first-order valence-corrected chi connectivity index (χ1v) is 13.2. The minimum Gasteiger partial charge on any atom is -0.507 e. The van der Waals surface area contributed by atoms with Crippen LogP contribution >= 0.6 is 0 Å². The number of hydrogen-bond donors (Lipinski definition) is 7. The molecule has 5 rings (SSSR count). The third-order valence-electron chi connectivity index (χ3n) is 8.13. The van der Waals surface area contributed by atoms with E-state index >= 15 is 0 Å². The van der Waals surface area contributed by atoms with Gasteiger partial charge in [0, 0.05) is 36.0 Å². The number of rotatable bonds is 6. The van der Waals surface area contributed by atoms with E-state index in [1.807, 2.05) is 0 Å². The molecule has 2 aromatic carbocycles. The SMILES string of the molecule is COc1cccc2c1C(=O)c1c(O)c3c(c(O)c1C2=O)C[C@@](O)(C(C)=O)C[C@@H]3OC1CC(NNC(N)=O)C(O)C(C)O1. The lowest BCUT2D eigenvalue weighted by atomic mass is 9.72. The Morgan fingerprint density at radius 2 is 1.81 bits per heavy atom. The number of nitrogens with two attached hydrogens (primary N) is 1. The number of aliphatic hydroxyl groups excluding tert-OH is 1. The summed E-state index contributed by atoms with van der Waals surface area (Å²) in [6.07, 6.45) is -5.28. The molecule has 4 unspecified atom stereocenters. The van der Waals surface area contributed by atoms with Crippen LogP contribution in [0.1, 0.15) is 75.8 Å². The highest BCUT2D eigenvalue weighted by molar-refractivity contribution is 6.31. The van der Waals surface area contributed by atoms with E-state index < -0.39 is 95.1 Å². The number of fused-ring (bicyclic) bond motifs is 3. The molecule has 6 atom stereocenters. The van der Waals surface area contributed by atoms with E-state index in [1.165, 1.54) is 25.3 Å². The number of nitrogens with one attached hydrogen (secondary N) is 2. The molecule has 1 fully saturated rings. The van der Waals surface area contributed by atoms with E-state index in [0.29, 0.717) is 0 Å². The maximum Gasteiger partial charge on any atom is 0.326 e. The minimum absolute atomic E-state index is 0.0433. The summed E-state index contributed by atoms with van der Waals surface area (Å²) in [6.45, 7) is 2.70. The molecule has 42 heavy (non-hydrogen) atoms. The first-order valence-electron chi connectivity index (χ1n) is 13.2. The molecule has 1 saturated heterocycles. The molecule has 0 saturated carbocycles. The van der Waals surface area contributed by atoms with Gasteiger partial charge in [0.15, 0.2) is 17.9 Å². The molecule has 3 aliphatic rings. The van der Waals surface area contributed by atoms with Crippen LogP contribution in [0.3, 0.4) is 0 Å². The maximum atomic E-state index is 13.7. The van der Waals surface area contributed by atoms with Gasteiger partial charge in [-0.15, -0.1) is 0 Å². The molecule has 1 aliphatic heterocycles. The molecule has 2 amide bonds. The van der Waals surface area contributed by atoms with E-state index in [0.717, 1.165) is 6.92 Å². The first-order chi connectivity index (χ1) is 19.8. The van der Waals surface area contributed by atoms with Crippen molar-refractivity contribution in [1.82, 2.24) is 10.9 Å². The molecule has 0 radical (unpaired) electrons.